The average Bonchev–Trinajstić information content (AvgIpc) is 2.97. The van der Waals surface area contributed by atoms with E-state index in [1.54, 1.807) is 0 Å². The van der Waals surface area contributed by atoms with Crippen molar-refractivity contribution in [1.82, 2.24) is 10.2 Å². The maximum Gasteiger partial charge on any atom is 0.193 e. The van der Waals surface area contributed by atoms with Gasteiger partial charge in [0.05, 0.1) is 6.10 Å². The number of hydrogen-bond donors (Lipinski definition) is 2. The minimum Gasteiger partial charge on any atom is -0.461 e. The Morgan fingerprint density at radius 1 is 1.33 bits per heavy atom. The second kappa shape index (κ2) is 9.27. The van der Waals surface area contributed by atoms with Gasteiger partial charge in [-0.05, 0) is 31.9 Å². The van der Waals surface area contributed by atoms with E-state index in [4.69, 9.17) is 9.41 Å². The van der Waals surface area contributed by atoms with Gasteiger partial charge in [-0.15, -0.1) is 24.0 Å². The molecule has 1 aliphatic heterocycles. The van der Waals surface area contributed by atoms with Crippen LogP contribution in [0.25, 0.3) is 11.0 Å². The summed E-state index contributed by atoms with van der Waals surface area (Å²) in [4.78, 5) is 6.95. The molecule has 0 amide bonds. The Kier molecular flexibility index (Phi) is 7.36. The lowest BCUT2D eigenvalue weighted by atomic mass is 10.1. The number of aliphatic hydroxyl groups excluding tert-OH is 1. The zero-order chi connectivity index (χ0) is 16.1. The van der Waals surface area contributed by atoms with Crippen LogP contribution in [0.4, 0.5) is 0 Å². The van der Waals surface area contributed by atoms with Crippen LogP contribution in [0.3, 0.4) is 0 Å². The number of rotatable bonds is 4. The molecular formula is C18H26IN3O2. The zero-order valence-corrected chi connectivity index (χ0v) is 16.4. The van der Waals surface area contributed by atoms with Crippen molar-refractivity contribution in [1.29, 1.82) is 0 Å². The smallest absolute Gasteiger partial charge is 0.193 e. The number of fused-ring (bicyclic) bond motifs is 1. The Morgan fingerprint density at radius 2 is 2.08 bits per heavy atom. The second-order valence-electron chi connectivity index (χ2n) is 5.95. The molecule has 0 atom stereocenters. The molecule has 1 aromatic carbocycles. The SMILES string of the molecule is CCNC(=NCCc1cc2ccccc2o1)N1CCC(O)CC1.I. The summed E-state index contributed by atoms with van der Waals surface area (Å²) < 4.78 is 5.83. The number of likely N-dealkylation sites (tertiary alicyclic amines) is 1. The molecule has 24 heavy (non-hydrogen) atoms. The Balaban J connectivity index is 0.00000208. The Labute approximate surface area is 160 Å². The number of furan rings is 1. The maximum absolute atomic E-state index is 9.63. The van der Waals surface area contributed by atoms with Gasteiger partial charge in [-0.25, -0.2) is 0 Å². The van der Waals surface area contributed by atoms with Gasteiger partial charge in [0.1, 0.15) is 11.3 Å². The van der Waals surface area contributed by atoms with Crippen LogP contribution in [-0.4, -0.2) is 48.2 Å². The molecule has 1 saturated heterocycles. The standard InChI is InChI=1S/C18H25N3O2.HI/c1-2-19-18(21-11-8-15(22)9-12-21)20-10-7-16-13-14-5-3-4-6-17(14)23-16;/h3-6,13,15,22H,2,7-12H2,1H3,(H,19,20);1H. The highest BCUT2D eigenvalue weighted by molar-refractivity contribution is 14.0. The third-order valence-electron chi connectivity index (χ3n) is 4.20. The van der Waals surface area contributed by atoms with Gasteiger partial charge >= 0.3 is 0 Å². The minimum absolute atomic E-state index is 0. The predicted molar refractivity (Wildman–Crippen MR) is 108 cm³/mol. The highest BCUT2D eigenvalue weighted by Crippen LogP contribution is 2.19. The molecule has 6 heteroatoms. The molecule has 3 rings (SSSR count). The van der Waals surface area contributed by atoms with Gasteiger partial charge in [0.15, 0.2) is 5.96 Å². The molecule has 2 N–H and O–H groups in total. The summed E-state index contributed by atoms with van der Waals surface area (Å²) in [7, 11) is 0. The molecule has 0 radical (unpaired) electrons. The van der Waals surface area contributed by atoms with Crippen molar-refractivity contribution in [3.05, 3.63) is 36.1 Å². The second-order valence-corrected chi connectivity index (χ2v) is 5.95. The maximum atomic E-state index is 9.63. The van der Waals surface area contributed by atoms with E-state index >= 15 is 0 Å². The third-order valence-corrected chi connectivity index (χ3v) is 4.20. The summed E-state index contributed by atoms with van der Waals surface area (Å²) in [5.74, 6) is 1.91. The van der Waals surface area contributed by atoms with E-state index in [-0.39, 0.29) is 30.1 Å². The highest BCUT2D eigenvalue weighted by Gasteiger charge is 2.19. The summed E-state index contributed by atoms with van der Waals surface area (Å²) in [6.45, 7) is 5.34. The van der Waals surface area contributed by atoms with E-state index in [0.717, 1.165) is 61.6 Å². The first-order valence-electron chi connectivity index (χ1n) is 8.45. The summed E-state index contributed by atoms with van der Waals surface area (Å²) in [6, 6.07) is 10.2. The number of aliphatic imine (C=N–C) groups is 1. The quantitative estimate of drug-likeness (QED) is 0.434. The average molecular weight is 443 g/mol. The van der Waals surface area contributed by atoms with Crippen LogP contribution >= 0.6 is 24.0 Å². The van der Waals surface area contributed by atoms with E-state index < -0.39 is 0 Å². The molecule has 2 heterocycles. The number of para-hydroxylation sites is 1. The Morgan fingerprint density at radius 3 is 2.79 bits per heavy atom. The third kappa shape index (κ3) is 4.86. The lowest BCUT2D eigenvalue weighted by molar-refractivity contribution is 0.108. The van der Waals surface area contributed by atoms with Gasteiger partial charge in [0.25, 0.3) is 0 Å². The molecule has 1 aliphatic rings. The van der Waals surface area contributed by atoms with Crippen LogP contribution in [0.2, 0.25) is 0 Å². The molecule has 0 spiro atoms. The number of aliphatic hydroxyl groups is 1. The van der Waals surface area contributed by atoms with Gasteiger partial charge < -0.3 is 19.7 Å². The lowest BCUT2D eigenvalue weighted by Gasteiger charge is -2.32. The highest BCUT2D eigenvalue weighted by atomic mass is 127. The number of benzene rings is 1. The van der Waals surface area contributed by atoms with Crippen molar-refractivity contribution in [2.24, 2.45) is 4.99 Å². The molecular weight excluding hydrogens is 417 g/mol. The summed E-state index contributed by atoms with van der Waals surface area (Å²) in [6.07, 6.45) is 2.26. The predicted octanol–water partition coefficient (Wildman–Crippen LogP) is 3.02. The fourth-order valence-corrected chi connectivity index (χ4v) is 2.94. The molecule has 1 fully saturated rings. The van der Waals surface area contributed by atoms with Gasteiger partial charge in [-0.2, -0.15) is 0 Å². The monoisotopic (exact) mass is 443 g/mol. The first-order valence-corrected chi connectivity index (χ1v) is 8.45. The van der Waals surface area contributed by atoms with Crippen molar-refractivity contribution >= 4 is 40.9 Å². The van der Waals surface area contributed by atoms with Crippen LogP contribution < -0.4 is 5.32 Å². The number of halogens is 1. The molecule has 2 aromatic rings. The van der Waals surface area contributed by atoms with Crippen LogP contribution in [0.15, 0.2) is 39.7 Å². The van der Waals surface area contributed by atoms with Gasteiger partial charge in [0, 0.05) is 38.0 Å². The number of guanidine groups is 1. The molecule has 0 unspecified atom stereocenters. The Bertz CT molecular complexity index is 630. The number of nitrogens with one attached hydrogen (secondary N) is 1. The van der Waals surface area contributed by atoms with E-state index in [1.165, 1.54) is 0 Å². The van der Waals surface area contributed by atoms with Crippen molar-refractivity contribution in [2.75, 3.05) is 26.2 Å². The van der Waals surface area contributed by atoms with Gasteiger partial charge in [-0.1, -0.05) is 18.2 Å². The fraction of sp³-hybridized carbons (Fsp3) is 0.500. The van der Waals surface area contributed by atoms with Crippen LogP contribution in [0.5, 0.6) is 0 Å². The zero-order valence-electron chi connectivity index (χ0n) is 14.1. The topological polar surface area (TPSA) is 61.0 Å². The van der Waals surface area contributed by atoms with Crippen LogP contribution in [-0.2, 0) is 6.42 Å². The molecule has 5 nitrogen and oxygen atoms in total. The van der Waals surface area contributed by atoms with Gasteiger partial charge in [0.2, 0.25) is 0 Å². The molecule has 0 aliphatic carbocycles. The van der Waals surface area contributed by atoms with Crippen molar-refractivity contribution in [3.8, 4) is 0 Å². The van der Waals surface area contributed by atoms with Crippen molar-refractivity contribution < 1.29 is 9.52 Å². The summed E-state index contributed by atoms with van der Waals surface area (Å²) in [5, 5.41) is 14.1. The molecule has 132 valence electrons. The molecule has 0 bridgehead atoms. The molecule has 1 aromatic heterocycles. The number of piperidine rings is 1. The summed E-state index contributed by atoms with van der Waals surface area (Å²) in [5.41, 5.74) is 0.934. The van der Waals surface area contributed by atoms with E-state index in [2.05, 4.69) is 29.3 Å². The van der Waals surface area contributed by atoms with Crippen molar-refractivity contribution in [3.63, 3.8) is 0 Å². The van der Waals surface area contributed by atoms with E-state index in [1.807, 2.05) is 18.2 Å². The van der Waals surface area contributed by atoms with Crippen LogP contribution in [0.1, 0.15) is 25.5 Å². The van der Waals surface area contributed by atoms with Gasteiger partial charge in [-0.3, -0.25) is 4.99 Å². The summed E-state index contributed by atoms with van der Waals surface area (Å²) >= 11 is 0. The van der Waals surface area contributed by atoms with Crippen molar-refractivity contribution in [2.45, 2.75) is 32.3 Å². The largest absolute Gasteiger partial charge is 0.461 e. The van der Waals surface area contributed by atoms with E-state index in [0.29, 0.717) is 6.54 Å². The first kappa shape index (κ1) is 19.1. The Hall–Kier alpha value is -1.28. The normalized spacial score (nSPS) is 16.2. The number of hydrogen-bond acceptors (Lipinski definition) is 3. The van der Waals surface area contributed by atoms with Crippen LogP contribution in [0, 0.1) is 0 Å². The number of nitrogens with zero attached hydrogens (tertiary/aromatic N) is 2. The van der Waals surface area contributed by atoms with E-state index in [9.17, 15) is 5.11 Å². The fourth-order valence-electron chi connectivity index (χ4n) is 2.94. The minimum atomic E-state index is -0.162. The first-order chi connectivity index (χ1) is 11.3. The lowest BCUT2D eigenvalue weighted by Crippen LogP contribution is -2.46. The molecule has 0 saturated carbocycles.